The molecule has 0 saturated carbocycles. The van der Waals surface area contributed by atoms with Gasteiger partial charge in [-0.25, -0.2) is 0 Å². The molecule has 2 N–H and O–H groups in total. The third-order valence-electron chi connectivity index (χ3n) is 2.98. The highest BCUT2D eigenvalue weighted by Crippen LogP contribution is 2.17. The van der Waals surface area contributed by atoms with Crippen LogP contribution in [0.15, 0.2) is 0 Å². The number of ether oxygens (including phenoxy) is 2. The van der Waals surface area contributed by atoms with Crippen molar-refractivity contribution in [1.29, 1.82) is 0 Å². The Kier molecular flexibility index (Phi) is 4.01. The van der Waals surface area contributed by atoms with E-state index in [4.69, 9.17) is 9.47 Å². The first-order valence-electron chi connectivity index (χ1n) is 5.65. The van der Waals surface area contributed by atoms with Gasteiger partial charge in [0.1, 0.15) is 5.60 Å². The van der Waals surface area contributed by atoms with Crippen molar-refractivity contribution < 1.29 is 23.0 Å². The van der Waals surface area contributed by atoms with Crippen LogP contribution >= 0.6 is 0 Å². The summed E-state index contributed by atoms with van der Waals surface area (Å²) in [5, 5.41) is 9.96. The maximum atomic E-state index is 11.9. The summed E-state index contributed by atoms with van der Waals surface area (Å²) in [7, 11) is -3.52. The van der Waals surface area contributed by atoms with Crippen molar-refractivity contribution >= 4 is 10.2 Å². The van der Waals surface area contributed by atoms with Crippen molar-refractivity contribution in [1.82, 2.24) is 9.03 Å². The number of hydrogen-bond acceptors (Lipinski definition) is 5. The van der Waals surface area contributed by atoms with Crippen molar-refractivity contribution in [2.75, 3.05) is 46.1 Å². The standard InChI is InChI=1S/C9H18N2O5S/c12-9(1-4-16-8-9)7-10-17(13,14)11-2-5-15-6-3-11/h10,12H,1-8H2. The third-order valence-corrected chi connectivity index (χ3v) is 4.53. The quantitative estimate of drug-likeness (QED) is 0.633. The number of morpholine rings is 1. The molecule has 100 valence electrons. The summed E-state index contributed by atoms with van der Waals surface area (Å²) in [6, 6.07) is 0. The van der Waals surface area contributed by atoms with Crippen LogP contribution in [0.25, 0.3) is 0 Å². The van der Waals surface area contributed by atoms with Crippen molar-refractivity contribution in [2.45, 2.75) is 12.0 Å². The molecule has 0 aromatic heterocycles. The van der Waals surface area contributed by atoms with Gasteiger partial charge in [-0.1, -0.05) is 0 Å². The Labute approximate surface area is 101 Å². The van der Waals surface area contributed by atoms with Gasteiger partial charge < -0.3 is 14.6 Å². The lowest BCUT2D eigenvalue weighted by Crippen LogP contribution is -2.51. The predicted molar refractivity (Wildman–Crippen MR) is 59.7 cm³/mol. The second-order valence-electron chi connectivity index (χ2n) is 4.36. The molecule has 2 aliphatic rings. The zero-order valence-corrected chi connectivity index (χ0v) is 10.4. The molecule has 2 aliphatic heterocycles. The maximum absolute atomic E-state index is 11.9. The van der Waals surface area contributed by atoms with Crippen LogP contribution in [-0.4, -0.2) is 69.5 Å². The molecule has 0 aromatic rings. The summed E-state index contributed by atoms with van der Waals surface area (Å²) in [5.74, 6) is 0. The summed E-state index contributed by atoms with van der Waals surface area (Å²) in [6.07, 6.45) is 0.457. The van der Waals surface area contributed by atoms with E-state index >= 15 is 0 Å². The molecule has 2 heterocycles. The van der Waals surface area contributed by atoms with Gasteiger partial charge in [-0.05, 0) is 0 Å². The first-order valence-corrected chi connectivity index (χ1v) is 7.09. The van der Waals surface area contributed by atoms with Crippen LogP contribution in [0.2, 0.25) is 0 Å². The number of hydrogen-bond donors (Lipinski definition) is 2. The average Bonchev–Trinajstić information content (AvgIpc) is 2.76. The molecule has 7 nitrogen and oxygen atoms in total. The SMILES string of the molecule is O=S(=O)(NCC1(O)CCOC1)N1CCOCC1. The zero-order valence-electron chi connectivity index (χ0n) is 9.59. The van der Waals surface area contributed by atoms with E-state index in [1.807, 2.05) is 0 Å². The normalized spacial score (nSPS) is 31.8. The molecule has 0 spiro atoms. The van der Waals surface area contributed by atoms with E-state index in [1.54, 1.807) is 0 Å². The largest absolute Gasteiger partial charge is 0.386 e. The molecule has 0 radical (unpaired) electrons. The van der Waals surface area contributed by atoms with E-state index in [1.165, 1.54) is 4.31 Å². The van der Waals surface area contributed by atoms with E-state index in [0.29, 0.717) is 39.3 Å². The Morgan fingerprint density at radius 3 is 2.53 bits per heavy atom. The van der Waals surface area contributed by atoms with E-state index in [9.17, 15) is 13.5 Å². The van der Waals surface area contributed by atoms with E-state index < -0.39 is 15.8 Å². The van der Waals surface area contributed by atoms with Crippen molar-refractivity contribution in [2.24, 2.45) is 0 Å². The summed E-state index contributed by atoms with van der Waals surface area (Å²) >= 11 is 0. The number of nitrogens with zero attached hydrogens (tertiary/aromatic N) is 1. The minimum atomic E-state index is -3.52. The summed E-state index contributed by atoms with van der Waals surface area (Å²) in [5.41, 5.74) is -1.07. The molecular weight excluding hydrogens is 248 g/mol. The van der Waals surface area contributed by atoms with Crippen LogP contribution in [-0.2, 0) is 19.7 Å². The van der Waals surface area contributed by atoms with E-state index in [-0.39, 0.29) is 13.2 Å². The molecule has 1 unspecified atom stereocenters. The minimum absolute atomic E-state index is 0.00725. The smallest absolute Gasteiger partial charge is 0.279 e. The molecule has 8 heteroatoms. The lowest BCUT2D eigenvalue weighted by molar-refractivity contribution is 0.0304. The molecular formula is C9H18N2O5S. The van der Waals surface area contributed by atoms with Gasteiger partial charge in [0.25, 0.3) is 10.2 Å². The fraction of sp³-hybridized carbons (Fsp3) is 1.00. The topological polar surface area (TPSA) is 88.1 Å². The van der Waals surface area contributed by atoms with Gasteiger partial charge in [0.2, 0.25) is 0 Å². The van der Waals surface area contributed by atoms with Gasteiger partial charge in [-0.2, -0.15) is 17.4 Å². The first-order chi connectivity index (χ1) is 8.02. The Balaban J connectivity index is 1.88. The van der Waals surface area contributed by atoms with Crippen molar-refractivity contribution in [3.05, 3.63) is 0 Å². The third kappa shape index (κ3) is 3.36. The maximum Gasteiger partial charge on any atom is 0.279 e. The van der Waals surface area contributed by atoms with Gasteiger partial charge in [0.05, 0.1) is 19.8 Å². The summed E-state index contributed by atoms with van der Waals surface area (Å²) in [4.78, 5) is 0. The fourth-order valence-corrected chi connectivity index (χ4v) is 3.10. The molecule has 2 rings (SSSR count). The number of nitrogens with one attached hydrogen (secondary N) is 1. The van der Waals surface area contributed by atoms with Crippen molar-refractivity contribution in [3.63, 3.8) is 0 Å². The second kappa shape index (κ2) is 5.17. The second-order valence-corrected chi connectivity index (χ2v) is 6.12. The van der Waals surface area contributed by atoms with E-state index in [0.717, 1.165) is 0 Å². The van der Waals surface area contributed by atoms with Gasteiger partial charge >= 0.3 is 0 Å². The Morgan fingerprint density at radius 1 is 1.24 bits per heavy atom. The van der Waals surface area contributed by atoms with Crippen molar-refractivity contribution in [3.8, 4) is 0 Å². The van der Waals surface area contributed by atoms with Crippen LogP contribution in [0.5, 0.6) is 0 Å². The van der Waals surface area contributed by atoms with E-state index in [2.05, 4.69) is 4.72 Å². The highest BCUT2D eigenvalue weighted by Gasteiger charge is 2.34. The molecule has 17 heavy (non-hydrogen) atoms. The zero-order chi connectivity index (χ0) is 12.4. The highest BCUT2D eigenvalue weighted by molar-refractivity contribution is 7.87. The molecule has 0 bridgehead atoms. The lowest BCUT2D eigenvalue weighted by atomic mass is 10.1. The fourth-order valence-electron chi connectivity index (χ4n) is 1.84. The monoisotopic (exact) mass is 266 g/mol. The first kappa shape index (κ1) is 13.2. The Bertz CT molecular complexity index is 346. The Morgan fingerprint density at radius 2 is 1.94 bits per heavy atom. The Hall–Kier alpha value is -0.250. The highest BCUT2D eigenvalue weighted by atomic mass is 32.2. The van der Waals surface area contributed by atoms with Crippen LogP contribution in [0.1, 0.15) is 6.42 Å². The van der Waals surface area contributed by atoms with Crippen LogP contribution in [0.4, 0.5) is 0 Å². The van der Waals surface area contributed by atoms with Crippen LogP contribution in [0, 0.1) is 0 Å². The van der Waals surface area contributed by atoms with Crippen LogP contribution < -0.4 is 4.72 Å². The summed E-state index contributed by atoms with van der Waals surface area (Å²) < 4.78 is 37.7. The van der Waals surface area contributed by atoms with Gasteiger partial charge in [-0.15, -0.1) is 0 Å². The average molecular weight is 266 g/mol. The number of aliphatic hydroxyl groups is 1. The van der Waals surface area contributed by atoms with Gasteiger partial charge in [0, 0.05) is 32.7 Å². The predicted octanol–water partition coefficient (Wildman–Crippen LogP) is -1.70. The van der Waals surface area contributed by atoms with Gasteiger partial charge in [0.15, 0.2) is 0 Å². The number of rotatable bonds is 4. The summed E-state index contributed by atoms with van der Waals surface area (Å²) in [6.45, 7) is 2.16. The van der Waals surface area contributed by atoms with Gasteiger partial charge in [-0.3, -0.25) is 0 Å². The minimum Gasteiger partial charge on any atom is -0.386 e. The molecule has 1 atom stereocenters. The molecule has 2 saturated heterocycles. The molecule has 2 fully saturated rings. The molecule has 0 amide bonds. The lowest BCUT2D eigenvalue weighted by Gasteiger charge is -2.28. The molecule has 0 aliphatic carbocycles. The van der Waals surface area contributed by atoms with Crippen LogP contribution in [0.3, 0.4) is 0 Å². The molecule has 0 aromatic carbocycles.